The molecule has 0 radical (unpaired) electrons. The fraction of sp³-hybridized carbons (Fsp3) is 0.143. The fourth-order valence-corrected chi connectivity index (χ4v) is 3.31. The Kier molecular flexibility index (Phi) is 3.84. The zero-order valence-electron chi connectivity index (χ0n) is 14.3. The Bertz CT molecular complexity index is 1190. The molecule has 5 nitrogen and oxygen atoms in total. The Morgan fingerprint density at radius 2 is 1.81 bits per heavy atom. The molecular weight excluding hydrogens is 328 g/mol. The predicted molar refractivity (Wildman–Crippen MR) is 102 cm³/mol. The van der Waals surface area contributed by atoms with Crippen LogP contribution in [0.25, 0.3) is 21.7 Å². The maximum Gasteiger partial charge on any atom is 0.272 e. The second-order valence-electron chi connectivity index (χ2n) is 6.58. The van der Waals surface area contributed by atoms with Gasteiger partial charge in [-0.3, -0.25) is 14.7 Å². The van der Waals surface area contributed by atoms with E-state index in [0.717, 1.165) is 16.3 Å². The van der Waals surface area contributed by atoms with Gasteiger partial charge in [-0.25, -0.2) is 4.68 Å². The summed E-state index contributed by atoms with van der Waals surface area (Å²) in [5, 5.41) is 14.7. The summed E-state index contributed by atoms with van der Waals surface area (Å²) in [6, 6.07) is 18.2. The SMILES string of the molecule is CC(CC(=O)n1[nH]c(=O)c2ccccc21)c1ccc2cc(O)ccc2c1. The number of benzene rings is 3. The highest BCUT2D eigenvalue weighted by atomic mass is 16.3. The minimum absolute atomic E-state index is 0.00892. The maximum absolute atomic E-state index is 12.7. The Labute approximate surface area is 149 Å². The normalized spacial score (nSPS) is 12.5. The third-order valence-electron chi connectivity index (χ3n) is 4.75. The molecule has 0 aliphatic rings. The molecule has 1 atom stereocenters. The van der Waals surface area contributed by atoms with Gasteiger partial charge in [0.05, 0.1) is 10.9 Å². The number of carbonyl (C=O) groups excluding carboxylic acids is 1. The molecule has 1 heterocycles. The lowest BCUT2D eigenvalue weighted by Crippen LogP contribution is -2.17. The molecule has 0 bridgehead atoms. The smallest absolute Gasteiger partial charge is 0.272 e. The van der Waals surface area contributed by atoms with E-state index in [-0.39, 0.29) is 29.6 Å². The van der Waals surface area contributed by atoms with Crippen molar-refractivity contribution in [2.45, 2.75) is 19.3 Å². The molecule has 0 saturated carbocycles. The highest BCUT2D eigenvalue weighted by Crippen LogP contribution is 2.26. The van der Waals surface area contributed by atoms with E-state index in [9.17, 15) is 14.7 Å². The van der Waals surface area contributed by atoms with Gasteiger partial charge < -0.3 is 5.11 Å². The molecule has 5 heteroatoms. The molecule has 1 unspecified atom stereocenters. The van der Waals surface area contributed by atoms with E-state index in [1.165, 1.54) is 4.68 Å². The molecule has 1 aromatic heterocycles. The first kappa shape index (κ1) is 16.1. The number of nitrogens with one attached hydrogen (secondary N) is 1. The molecule has 0 amide bonds. The van der Waals surface area contributed by atoms with Gasteiger partial charge in [0.1, 0.15) is 5.75 Å². The molecule has 4 aromatic rings. The van der Waals surface area contributed by atoms with Crippen LogP contribution in [0.5, 0.6) is 5.75 Å². The van der Waals surface area contributed by atoms with E-state index in [0.29, 0.717) is 10.9 Å². The summed E-state index contributed by atoms with van der Waals surface area (Å²) in [5.41, 5.74) is 1.38. The number of aromatic hydroxyl groups is 1. The number of nitrogens with zero attached hydrogens (tertiary/aromatic N) is 1. The van der Waals surface area contributed by atoms with Gasteiger partial charge in [-0.15, -0.1) is 0 Å². The number of phenolic OH excluding ortho intramolecular Hbond substituents is 1. The number of aromatic nitrogens is 2. The summed E-state index contributed by atoms with van der Waals surface area (Å²) in [4.78, 5) is 24.7. The standard InChI is InChI=1S/C21H18N2O3/c1-13(14-6-7-16-12-17(24)9-8-15(16)11-14)10-20(25)23-19-5-3-2-4-18(19)21(26)22-23/h2-9,11-13,24H,10H2,1H3,(H,22,26). The first-order chi connectivity index (χ1) is 12.5. The van der Waals surface area contributed by atoms with Crippen molar-refractivity contribution < 1.29 is 9.90 Å². The van der Waals surface area contributed by atoms with Crippen LogP contribution in [0, 0.1) is 0 Å². The van der Waals surface area contributed by atoms with E-state index in [2.05, 4.69) is 5.10 Å². The molecule has 0 spiro atoms. The molecule has 0 aliphatic heterocycles. The third-order valence-corrected chi connectivity index (χ3v) is 4.75. The van der Waals surface area contributed by atoms with Crippen molar-refractivity contribution in [1.82, 2.24) is 9.78 Å². The first-order valence-corrected chi connectivity index (χ1v) is 8.48. The fourth-order valence-electron chi connectivity index (χ4n) is 3.31. The topological polar surface area (TPSA) is 75.1 Å². The number of carbonyl (C=O) groups is 1. The van der Waals surface area contributed by atoms with Crippen molar-refractivity contribution >= 4 is 27.6 Å². The Morgan fingerprint density at radius 1 is 1.08 bits per heavy atom. The van der Waals surface area contributed by atoms with Crippen molar-refractivity contribution in [3.8, 4) is 5.75 Å². The van der Waals surface area contributed by atoms with Crippen molar-refractivity contribution in [3.05, 3.63) is 76.6 Å². The average molecular weight is 346 g/mol. The second-order valence-corrected chi connectivity index (χ2v) is 6.58. The van der Waals surface area contributed by atoms with Crippen LogP contribution < -0.4 is 5.56 Å². The number of fused-ring (bicyclic) bond motifs is 2. The second kappa shape index (κ2) is 6.19. The zero-order valence-corrected chi connectivity index (χ0v) is 14.3. The van der Waals surface area contributed by atoms with Crippen molar-refractivity contribution in [3.63, 3.8) is 0 Å². The van der Waals surface area contributed by atoms with Crippen molar-refractivity contribution in [2.24, 2.45) is 0 Å². The number of rotatable bonds is 3. The molecule has 2 N–H and O–H groups in total. The summed E-state index contributed by atoms with van der Waals surface area (Å²) < 4.78 is 1.34. The zero-order chi connectivity index (χ0) is 18.3. The van der Waals surface area contributed by atoms with Crippen LogP contribution in [-0.2, 0) is 0 Å². The van der Waals surface area contributed by atoms with E-state index in [1.54, 1.807) is 30.3 Å². The van der Waals surface area contributed by atoms with Crippen LogP contribution in [0.3, 0.4) is 0 Å². The van der Waals surface area contributed by atoms with Crippen molar-refractivity contribution in [1.29, 1.82) is 0 Å². The van der Waals surface area contributed by atoms with Gasteiger partial charge in [-0.1, -0.05) is 43.3 Å². The van der Waals surface area contributed by atoms with Crippen LogP contribution >= 0.6 is 0 Å². The molecule has 0 saturated heterocycles. The van der Waals surface area contributed by atoms with Crippen LogP contribution in [-0.4, -0.2) is 20.8 Å². The average Bonchev–Trinajstić information content (AvgIpc) is 2.98. The summed E-state index contributed by atoms with van der Waals surface area (Å²) in [7, 11) is 0. The quantitative estimate of drug-likeness (QED) is 0.588. The van der Waals surface area contributed by atoms with Gasteiger partial charge >= 0.3 is 0 Å². The lowest BCUT2D eigenvalue weighted by Gasteiger charge is -2.13. The van der Waals surface area contributed by atoms with Gasteiger partial charge in [0.25, 0.3) is 5.56 Å². The lowest BCUT2D eigenvalue weighted by atomic mass is 9.95. The van der Waals surface area contributed by atoms with Gasteiger partial charge in [0.2, 0.25) is 5.91 Å². The molecule has 0 fully saturated rings. The number of phenols is 1. The highest BCUT2D eigenvalue weighted by molar-refractivity contribution is 5.91. The number of aromatic amines is 1. The van der Waals surface area contributed by atoms with E-state index >= 15 is 0 Å². The van der Waals surface area contributed by atoms with Crippen LogP contribution in [0.4, 0.5) is 0 Å². The van der Waals surface area contributed by atoms with Gasteiger partial charge in [0, 0.05) is 6.42 Å². The number of hydrogen-bond donors (Lipinski definition) is 2. The summed E-state index contributed by atoms with van der Waals surface area (Å²) in [6.07, 6.45) is 0.276. The molecule has 4 rings (SSSR count). The largest absolute Gasteiger partial charge is 0.508 e. The summed E-state index contributed by atoms with van der Waals surface area (Å²) >= 11 is 0. The Hall–Kier alpha value is -3.34. The predicted octanol–water partition coefficient (Wildman–Crippen LogP) is 4.02. The summed E-state index contributed by atoms with van der Waals surface area (Å²) in [6.45, 7) is 1.99. The highest BCUT2D eigenvalue weighted by Gasteiger charge is 2.17. The number of H-pyrrole nitrogens is 1. The summed E-state index contributed by atoms with van der Waals surface area (Å²) in [5.74, 6) is 0.0730. The molecule has 0 aliphatic carbocycles. The van der Waals surface area contributed by atoms with E-state index in [1.807, 2.05) is 37.3 Å². The molecular formula is C21H18N2O3. The third kappa shape index (κ3) is 2.77. The number of hydrogen-bond acceptors (Lipinski definition) is 3. The number of para-hydroxylation sites is 1. The first-order valence-electron chi connectivity index (χ1n) is 8.48. The van der Waals surface area contributed by atoms with Crippen LogP contribution in [0.2, 0.25) is 0 Å². The van der Waals surface area contributed by atoms with Gasteiger partial charge in [-0.2, -0.15) is 0 Å². The molecule has 3 aromatic carbocycles. The van der Waals surface area contributed by atoms with Crippen LogP contribution in [0.15, 0.2) is 65.5 Å². The minimum atomic E-state index is -0.257. The Morgan fingerprint density at radius 3 is 2.65 bits per heavy atom. The Balaban J connectivity index is 1.63. The molecule has 130 valence electrons. The van der Waals surface area contributed by atoms with E-state index < -0.39 is 0 Å². The maximum atomic E-state index is 12.7. The van der Waals surface area contributed by atoms with Gasteiger partial charge in [-0.05, 0) is 46.5 Å². The molecule has 26 heavy (non-hydrogen) atoms. The van der Waals surface area contributed by atoms with Gasteiger partial charge in [0.15, 0.2) is 0 Å². The van der Waals surface area contributed by atoms with Crippen molar-refractivity contribution in [2.75, 3.05) is 0 Å². The van der Waals surface area contributed by atoms with E-state index in [4.69, 9.17) is 0 Å². The monoisotopic (exact) mass is 346 g/mol. The van der Waals surface area contributed by atoms with Crippen LogP contribution in [0.1, 0.15) is 29.6 Å². The lowest BCUT2D eigenvalue weighted by molar-refractivity contribution is 0.0884. The minimum Gasteiger partial charge on any atom is -0.508 e.